The highest BCUT2D eigenvalue weighted by Crippen LogP contribution is 2.18. The fraction of sp³-hybridized carbons (Fsp3) is 0.105. The highest BCUT2D eigenvalue weighted by Gasteiger charge is 2.16. The van der Waals surface area contributed by atoms with Crippen molar-refractivity contribution in [3.05, 3.63) is 81.4 Å². The molecule has 0 aliphatic heterocycles. The number of halogens is 1. The van der Waals surface area contributed by atoms with Gasteiger partial charge >= 0.3 is 0 Å². The zero-order chi connectivity index (χ0) is 17.4. The van der Waals surface area contributed by atoms with Crippen LogP contribution in [0.15, 0.2) is 70.1 Å². The van der Waals surface area contributed by atoms with Gasteiger partial charge < -0.3 is 0 Å². The van der Waals surface area contributed by atoms with Crippen molar-refractivity contribution in [1.82, 2.24) is 19.3 Å². The number of benzene rings is 2. The molecule has 0 aliphatic rings. The molecular formula is C19H15BrN4O. The molecule has 0 fully saturated rings. The van der Waals surface area contributed by atoms with E-state index in [0.29, 0.717) is 23.3 Å². The molecule has 2 aromatic heterocycles. The first-order valence-electron chi connectivity index (χ1n) is 8.00. The van der Waals surface area contributed by atoms with Crippen LogP contribution in [0.5, 0.6) is 0 Å². The molecule has 25 heavy (non-hydrogen) atoms. The molecule has 0 unspecified atom stereocenters. The van der Waals surface area contributed by atoms with E-state index >= 15 is 0 Å². The van der Waals surface area contributed by atoms with Gasteiger partial charge in [0.05, 0.1) is 17.6 Å². The van der Waals surface area contributed by atoms with Crippen molar-refractivity contribution in [3.8, 4) is 11.4 Å². The lowest BCUT2D eigenvalue weighted by atomic mass is 10.2. The van der Waals surface area contributed by atoms with Gasteiger partial charge in [-0.3, -0.25) is 9.36 Å². The molecule has 6 heteroatoms. The topological polar surface area (TPSA) is 52.7 Å². The monoisotopic (exact) mass is 394 g/mol. The number of rotatable bonds is 3. The van der Waals surface area contributed by atoms with E-state index in [2.05, 4.69) is 21.0 Å². The van der Waals surface area contributed by atoms with E-state index in [1.54, 1.807) is 15.4 Å². The Morgan fingerprint density at radius 1 is 1.00 bits per heavy atom. The molecule has 0 saturated heterocycles. The van der Waals surface area contributed by atoms with E-state index in [9.17, 15) is 4.79 Å². The van der Waals surface area contributed by atoms with Crippen molar-refractivity contribution in [2.45, 2.75) is 13.3 Å². The maximum atomic E-state index is 13.1. The second kappa shape index (κ2) is 6.29. The second-order valence-corrected chi connectivity index (χ2v) is 6.54. The quantitative estimate of drug-likeness (QED) is 0.529. The Bertz CT molecular complexity index is 1100. The molecule has 0 aliphatic carbocycles. The predicted octanol–water partition coefficient (Wildman–Crippen LogP) is 3.90. The minimum Gasteiger partial charge on any atom is -0.268 e. The zero-order valence-electron chi connectivity index (χ0n) is 13.6. The van der Waals surface area contributed by atoms with Gasteiger partial charge in [-0.15, -0.1) is 0 Å². The van der Waals surface area contributed by atoms with E-state index in [1.165, 1.54) is 0 Å². The molecule has 0 atom stereocenters. The summed E-state index contributed by atoms with van der Waals surface area (Å²) in [4.78, 5) is 17.8. The average molecular weight is 395 g/mol. The molecule has 2 heterocycles. The van der Waals surface area contributed by atoms with E-state index in [0.717, 1.165) is 15.8 Å². The number of fused-ring (bicyclic) bond motifs is 1. The Hall–Kier alpha value is -2.73. The zero-order valence-corrected chi connectivity index (χ0v) is 15.1. The third-order valence-electron chi connectivity index (χ3n) is 4.07. The Labute approximate surface area is 152 Å². The molecule has 4 rings (SSSR count). The van der Waals surface area contributed by atoms with Crippen LogP contribution < -0.4 is 5.56 Å². The third kappa shape index (κ3) is 2.68. The fourth-order valence-corrected chi connectivity index (χ4v) is 3.13. The number of hydrogen-bond donors (Lipinski definition) is 0. The normalized spacial score (nSPS) is 11.1. The minimum absolute atomic E-state index is 0.105. The van der Waals surface area contributed by atoms with Crippen LogP contribution in [0.4, 0.5) is 0 Å². The molecule has 0 bridgehead atoms. The number of nitrogens with zero attached hydrogens (tertiary/aromatic N) is 4. The van der Waals surface area contributed by atoms with Gasteiger partial charge in [-0.05, 0) is 36.4 Å². The van der Waals surface area contributed by atoms with Crippen LogP contribution in [-0.2, 0) is 6.42 Å². The van der Waals surface area contributed by atoms with E-state index in [1.807, 2.05) is 61.5 Å². The molecule has 4 aromatic rings. The first-order valence-corrected chi connectivity index (χ1v) is 8.79. The van der Waals surface area contributed by atoms with Gasteiger partial charge in [0, 0.05) is 10.9 Å². The van der Waals surface area contributed by atoms with Crippen LogP contribution in [0.25, 0.3) is 22.4 Å². The Morgan fingerprint density at radius 3 is 2.40 bits per heavy atom. The van der Waals surface area contributed by atoms with Crippen LogP contribution in [0.1, 0.15) is 12.7 Å². The molecule has 0 saturated carbocycles. The third-order valence-corrected chi connectivity index (χ3v) is 4.60. The smallest absolute Gasteiger partial charge is 0.268 e. The van der Waals surface area contributed by atoms with Crippen molar-refractivity contribution in [1.29, 1.82) is 0 Å². The molecule has 0 N–H and O–H groups in total. The Kier molecular flexibility index (Phi) is 3.97. The van der Waals surface area contributed by atoms with Crippen molar-refractivity contribution in [2.24, 2.45) is 0 Å². The van der Waals surface area contributed by atoms with Crippen LogP contribution in [-0.4, -0.2) is 19.3 Å². The van der Waals surface area contributed by atoms with Gasteiger partial charge in [-0.1, -0.05) is 41.1 Å². The number of para-hydroxylation sites is 1. The summed E-state index contributed by atoms with van der Waals surface area (Å²) in [6, 6.07) is 17.3. The average Bonchev–Trinajstić information content (AvgIpc) is 3.07. The maximum Gasteiger partial charge on any atom is 0.269 e. The highest BCUT2D eigenvalue weighted by molar-refractivity contribution is 9.10. The van der Waals surface area contributed by atoms with Gasteiger partial charge in [0.25, 0.3) is 5.56 Å². The van der Waals surface area contributed by atoms with Crippen LogP contribution in [0.2, 0.25) is 0 Å². The lowest BCUT2D eigenvalue weighted by Gasteiger charge is -2.12. The van der Waals surface area contributed by atoms with Crippen LogP contribution in [0, 0.1) is 0 Å². The first-order chi connectivity index (χ1) is 12.2. The molecule has 0 spiro atoms. The first kappa shape index (κ1) is 15.8. The summed E-state index contributed by atoms with van der Waals surface area (Å²) in [5.74, 6) is 0.706. The van der Waals surface area contributed by atoms with Gasteiger partial charge in [-0.25, -0.2) is 9.67 Å². The number of aromatic nitrogens is 4. The molecule has 0 radical (unpaired) electrons. The molecule has 124 valence electrons. The standard InChI is InChI=1S/C19H15BrN4O/c1-2-17-22-18-16(12-21-24(18)15-6-4-3-5-7-15)19(25)23(17)14-10-8-13(20)9-11-14/h3-12H,2H2,1H3. The van der Waals surface area contributed by atoms with Crippen molar-refractivity contribution in [2.75, 3.05) is 0 Å². The van der Waals surface area contributed by atoms with E-state index < -0.39 is 0 Å². The van der Waals surface area contributed by atoms with Crippen molar-refractivity contribution < 1.29 is 0 Å². The molecular weight excluding hydrogens is 380 g/mol. The Balaban J connectivity index is 2.00. The number of aryl methyl sites for hydroxylation is 1. The van der Waals surface area contributed by atoms with Gasteiger partial charge in [-0.2, -0.15) is 5.10 Å². The van der Waals surface area contributed by atoms with Crippen molar-refractivity contribution in [3.63, 3.8) is 0 Å². The highest BCUT2D eigenvalue weighted by atomic mass is 79.9. The van der Waals surface area contributed by atoms with Gasteiger partial charge in [0.15, 0.2) is 5.65 Å². The van der Waals surface area contributed by atoms with E-state index in [-0.39, 0.29) is 5.56 Å². The lowest BCUT2D eigenvalue weighted by Crippen LogP contribution is -2.23. The summed E-state index contributed by atoms with van der Waals surface area (Å²) < 4.78 is 4.33. The minimum atomic E-state index is -0.105. The van der Waals surface area contributed by atoms with E-state index in [4.69, 9.17) is 4.98 Å². The summed E-state index contributed by atoms with van der Waals surface area (Å²) in [7, 11) is 0. The Morgan fingerprint density at radius 2 is 1.72 bits per heavy atom. The predicted molar refractivity (Wildman–Crippen MR) is 102 cm³/mol. The summed E-state index contributed by atoms with van der Waals surface area (Å²) >= 11 is 3.42. The van der Waals surface area contributed by atoms with Gasteiger partial charge in [0.2, 0.25) is 0 Å². The van der Waals surface area contributed by atoms with Crippen molar-refractivity contribution >= 4 is 27.0 Å². The van der Waals surface area contributed by atoms with Crippen LogP contribution in [0.3, 0.4) is 0 Å². The summed E-state index contributed by atoms with van der Waals surface area (Å²) in [6.45, 7) is 1.99. The summed E-state index contributed by atoms with van der Waals surface area (Å²) in [5, 5.41) is 4.89. The second-order valence-electron chi connectivity index (χ2n) is 5.63. The maximum absolute atomic E-state index is 13.1. The SMILES string of the molecule is CCc1nc2c(cnn2-c2ccccc2)c(=O)n1-c1ccc(Br)cc1. The summed E-state index contributed by atoms with van der Waals surface area (Å²) in [5.41, 5.74) is 2.16. The molecule has 0 amide bonds. The summed E-state index contributed by atoms with van der Waals surface area (Å²) in [6.07, 6.45) is 2.23. The lowest BCUT2D eigenvalue weighted by molar-refractivity contribution is 0.817. The molecule has 5 nitrogen and oxygen atoms in total. The van der Waals surface area contributed by atoms with Crippen LogP contribution >= 0.6 is 15.9 Å². The fourth-order valence-electron chi connectivity index (χ4n) is 2.86. The largest absolute Gasteiger partial charge is 0.269 e. The number of hydrogen-bond acceptors (Lipinski definition) is 3. The van der Waals surface area contributed by atoms with Gasteiger partial charge in [0.1, 0.15) is 11.2 Å². The molecule has 2 aromatic carbocycles.